The molecule has 1 amide bonds. The third-order valence-electron chi connectivity index (χ3n) is 4.97. The van der Waals surface area contributed by atoms with Gasteiger partial charge in [-0.3, -0.25) is 9.48 Å². The van der Waals surface area contributed by atoms with Gasteiger partial charge in [-0.1, -0.05) is 29.3 Å². The van der Waals surface area contributed by atoms with Crippen molar-refractivity contribution in [2.24, 2.45) is 5.92 Å². The lowest BCUT2D eigenvalue weighted by molar-refractivity contribution is -0.126. The smallest absolute Gasteiger partial charge is 0.246 e. The number of carbonyl (C=O) groups excluding carboxylic acids is 1. The molecule has 10 heteroatoms. The fourth-order valence-electron chi connectivity index (χ4n) is 3.40. The van der Waals surface area contributed by atoms with Crippen molar-refractivity contribution in [3.05, 3.63) is 46.2 Å². The Morgan fingerprint density at radius 3 is 2.48 bits per heavy atom. The number of benzene rings is 1. The first kappa shape index (κ1) is 22.1. The highest BCUT2D eigenvalue weighted by atomic mass is 35.5. The predicted molar refractivity (Wildman–Crippen MR) is 113 cm³/mol. The lowest BCUT2D eigenvalue weighted by Crippen LogP contribution is -2.43. The number of sulfonamides is 1. The van der Waals surface area contributed by atoms with Crippen LogP contribution in [0, 0.1) is 12.8 Å². The van der Waals surface area contributed by atoms with Gasteiger partial charge in [-0.05, 0) is 43.9 Å². The minimum absolute atomic E-state index is 0.0329. The Kier molecular flexibility index (Phi) is 7.21. The quantitative estimate of drug-likeness (QED) is 0.645. The number of rotatable bonds is 7. The van der Waals surface area contributed by atoms with Gasteiger partial charge < -0.3 is 5.32 Å². The summed E-state index contributed by atoms with van der Waals surface area (Å²) >= 11 is 12.1. The molecule has 1 aliphatic heterocycles. The van der Waals surface area contributed by atoms with E-state index in [4.69, 9.17) is 23.2 Å². The van der Waals surface area contributed by atoms with Crippen LogP contribution >= 0.6 is 23.2 Å². The Hall–Kier alpha value is -1.61. The van der Waals surface area contributed by atoms with E-state index in [1.54, 1.807) is 12.3 Å². The summed E-state index contributed by atoms with van der Waals surface area (Å²) in [5.74, 6) is -0.232. The van der Waals surface area contributed by atoms with Crippen molar-refractivity contribution in [1.29, 1.82) is 0 Å². The van der Waals surface area contributed by atoms with Gasteiger partial charge in [0.1, 0.15) is 4.90 Å². The number of piperidine rings is 1. The number of halogens is 2. The van der Waals surface area contributed by atoms with Gasteiger partial charge in [0.05, 0.1) is 16.2 Å². The first-order chi connectivity index (χ1) is 13.8. The van der Waals surface area contributed by atoms with Gasteiger partial charge >= 0.3 is 0 Å². The number of carbonyl (C=O) groups is 1. The van der Waals surface area contributed by atoms with Gasteiger partial charge in [0, 0.05) is 38.3 Å². The largest absolute Gasteiger partial charge is 0.356 e. The Balaban J connectivity index is 1.48. The molecular formula is C19H24Cl2N4O3S. The number of aryl methyl sites for hydroxylation is 2. The topological polar surface area (TPSA) is 84.3 Å². The second-order valence-corrected chi connectivity index (χ2v) is 9.84. The van der Waals surface area contributed by atoms with Gasteiger partial charge in [0.2, 0.25) is 15.9 Å². The van der Waals surface area contributed by atoms with Gasteiger partial charge in [-0.15, -0.1) is 0 Å². The number of hydrogen-bond acceptors (Lipinski definition) is 4. The molecule has 1 fully saturated rings. The van der Waals surface area contributed by atoms with Crippen LogP contribution in [-0.2, 0) is 21.4 Å². The molecule has 1 aromatic carbocycles. The lowest BCUT2D eigenvalue weighted by atomic mass is 9.97. The molecule has 7 nitrogen and oxygen atoms in total. The van der Waals surface area contributed by atoms with Crippen LogP contribution in [0.25, 0.3) is 0 Å². The van der Waals surface area contributed by atoms with E-state index in [0.717, 1.165) is 18.5 Å². The maximum atomic E-state index is 12.9. The Bertz CT molecular complexity index is 949. The van der Waals surface area contributed by atoms with Crippen molar-refractivity contribution in [2.45, 2.75) is 37.6 Å². The average Bonchev–Trinajstić information content (AvgIpc) is 3.10. The summed E-state index contributed by atoms with van der Waals surface area (Å²) in [6.45, 7) is 3.80. The Labute approximate surface area is 181 Å². The van der Waals surface area contributed by atoms with Gasteiger partial charge in [0.15, 0.2) is 0 Å². The van der Waals surface area contributed by atoms with Crippen LogP contribution in [0.4, 0.5) is 0 Å². The highest BCUT2D eigenvalue weighted by Crippen LogP contribution is 2.33. The van der Waals surface area contributed by atoms with E-state index in [0.29, 0.717) is 19.4 Å². The van der Waals surface area contributed by atoms with E-state index in [1.165, 1.54) is 16.4 Å². The van der Waals surface area contributed by atoms with E-state index in [1.807, 2.05) is 17.8 Å². The maximum absolute atomic E-state index is 12.9. The minimum Gasteiger partial charge on any atom is -0.356 e. The molecule has 0 radical (unpaired) electrons. The third-order valence-corrected chi connectivity index (χ3v) is 7.82. The van der Waals surface area contributed by atoms with E-state index < -0.39 is 10.0 Å². The second kappa shape index (κ2) is 9.47. The molecule has 1 aliphatic rings. The van der Waals surface area contributed by atoms with E-state index in [-0.39, 0.29) is 39.9 Å². The minimum atomic E-state index is -3.79. The molecule has 0 aliphatic carbocycles. The highest BCUT2D eigenvalue weighted by Gasteiger charge is 2.34. The summed E-state index contributed by atoms with van der Waals surface area (Å²) in [6.07, 6.45) is 5.47. The normalized spacial score (nSPS) is 16.1. The summed E-state index contributed by atoms with van der Waals surface area (Å²) in [4.78, 5) is 12.3. The van der Waals surface area contributed by atoms with Crippen molar-refractivity contribution in [2.75, 3.05) is 19.6 Å². The number of hydrogen-bond donors (Lipinski definition) is 1. The zero-order valence-electron chi connectivity index (χ0n) is 16.1. The standard InChI is InChI=1S/C19H24Cl2N4O3S/c1-14-12-23-24(13-14)9-3-8-22-19(26)15-6-10-25(11-7-15)29(27,28)18-16(20)4-2-5-17(18)21/h2,4-5,12-13,15H,3,6-11H2,1H3,(H,22,26). The molecule has 0 saturated carbocycles. The molecule has 3 rings (SSSR count). The number of aromatic nitrogens is 2. The fraction of sp³-hybridized carbons (Fsp3) is 0.474. The summed E-state index contributed by atoms with van der Waals surface area (Å²) in [5.41, 5.74) is 1.11. The fourth-order valence-corrected chi connectivity index (χ4v) is 5.96. The molecule has 0 atom stereocenters. The summed E-state index contributed by atoms with van der Waals surface area (Å²) in [7, 11) is -3.79. The summed E-state index contributed by atoms with van der Waals surface area (Å²) in [6, 6.07) is 4.62. The van der Waals surface area contributed by atoms with E-state index >= 15 is 0 Å². The van der Waals surface area contributed by atoms with E-state index in [9.17, 15) is 13.2 Å². The molecule has 29 heavy (non-hydrogen) atoms. The van der Waals surface area contributed by atoms with Crippen molar-refractivity contribution < 1.29 is 13.2 Å². The van der Waals surface area contributed by atoms with Crippen LogP contribution in [-0.4, -0.2) is 48.0 Å². The van der Waals surface area contributed by atoms with Crippen LogP contribution in [0.2, 0.25) is 10.0 Å². The molecule has 1 aromatic heterocycles. The van der Waals surface area contributed by atoms with Gasteiger partial charge in [-0.25, -0.2) is 8.42 Å². The van der Waals surface area contributed by atoms with Crippen LogP contribution in [0.15, 0.2) is 35.5 Å². The highest BCUT2D eigenvalue weighted by molar-refractivity contribution is 7.89. The molecule has 2 heterocycles. The van der Waals surface area contributed by atoms with Gasteiger partial charge in [0.25, 0.3) is 0 Å². The number of nitrogens with one attached hydrogen (secondary N) is 1. The predicted octanol–water partition coefficient (Wildman–Crippen LogP) is 3.11. The number of amides is 1. The monoisotopic (exact) mass is 458 g/mol. The molecule has 2 aromatic rings. The molecule has 0 bridgehead atoms. The molecule has 0 spiro atoms. The van der Waals surface area contributed by atoms with Crippen LogP contribution < -0.4 is 5.32 Å². The zero-order valence-corrected chi connectivity index (χ0v) is 18.5. The second-order valence-electron chi connectivity index (χ2n) is 7.15. The maximum Gasteiger partial charge on any atom is 0.246 e. The molecule has 1 saturated heterocycles. The first-order valence-corrected chi connectivity index (χ1v) is 11.7. The molecule has 0 unspecified atom stereocenters. The molecule has 158 valence electrons. The van der Waals surface area contributed by atoms with Crippen LogP contribution in [0.3, 0.4) is 0 Å². The Morgan fingerprint density at radius 2 is 1.90 bits per heavy atom. The number of nitrogens with zero attached hydrogens (tertiary/aromatic N) is 3. The third kappa shape index (κ3) is 5.31. The van der Waals surface area contributed by atoms with Gasteiger partial charge in [-0.2, -0.15) is 9.40 Å². The molecule has 1 N–H and O–H groups in total. The van der Waals surface area contributed by atoms with Crippen LogP contribution in [0.1, 0.15) is 24.8 Å². The van der Waals surface area contributed by atoms with Crippen molar-refractivity contribution in [3.63, 3.8) is 0 Å². The van der Waals surface area contributed by atoms with Crippen LogP contribution in [0.5, 0.6) is 0 Å². The Morgan fingerprint density at radius 1 is 1.24 bits per heavy atom. The van der Waals surface area contributed by atoms with Crippen molar-refractivity contribution in [3.8, 4) is 0 Å². The summed E-state index contributed by atoms with van der Waals surface area (Å²) in [5, 5.41) is 7.36. The zero-order chi connectivity index (χ0) is 21.0. The van der Waals surface area contributed by atoms with Crippen molar-refractivity contribution in [1.82, 2.24) is 19.4 Å². The molecular weight excluding hydrogens is 435 g/mol. The first-order valence-electron chi connectivity index (χ1n) is 9.50. The van der Waals surface area contributed by atoms with E-state index in [2.05, 4.69) is 10.4 Å². The average molecular weight is 459 g/mol. The SMILES string of the molecule is Cc1cnn(CCCNC(=O)C2CCN(S(=O)(=O)c3c(Cl)cccc3Cl)CC2)c1. The lowest BCUT2D eigenvalue weighted by Gasteiger charge is -2.31. The van der Waals surface area contributed by atoms with Crippen molar-refractivity contribution >= 4 is 39.1 Å². The summed E-state index contributed by atoms with van der Waals surface area (Å²) < 4.78 is 29.0.